The molecular weight excluding hydrogens is 715 g/mol. The molecule has 0 saturated carbocycles. The van der Waals surface area contributed by atoms with Gasteiger partial charge in [0.15, 0.2) is 0 Å². The predicted molar refractivity (Wildman–Crippen MR) is 214 cm³/mol. The van der Waals surface area contributed by atoms with Crippen molar-refractivity contribution in [2.75, 3.05) is 33.4 Å². The molecule has 6 heterocycles. The van der Waals surface area contributed by atoms with Crippen LogP contribution in [0.4, 0.5) is 0 Å². The predicted octanol–water partition coefficient (Wildman–Crippen LogP) is 5.69. The Balaban J connectivity index is 1.33. The van der Waals surface area contributed by atoms with E-state index in [1.54, 1.807) is 13.3 Å². The van der Waals surface area contributed by atoms with Crippen molar-refractivity contribution in [2.24, 2.45) is 23.2 Å². The number of hydrazine groups is 1. The van der Waals surface area contributed by atoms with Gasteiger partial charge in [-0.15, -0.1) is 11.3 Å². The van der Waals surface area contributed by atoms with Crippen molar-refractivity contribution >= 4 is 40.0 Å². The van der Waals surface area contributed by atoms with Gasteiger partial charge in [-0.25, -0.2) is 10.4 Å². The molecule has 2 amide bonds. The molecule has 3 aliphatic rings. The lowest BCUT2D eigenvalue weighted by Crippen LogP contribution is -2.61. The molecule has 3 aromatic heterocycles. The number of esters is 1. The molecule has 294 valence electrons. The molecule has 2 saturated heterocycles. The average molecular weight is 770 g/mol. The smallest absolute Gasteiger partial charge is 0.324 e. The molecule has 12 nitrogen and oxygen atoms in total. The first-order chi connectivity index (χ1) is 26.4. The Morgan fingerprint density at radius 1 is 1.18 bits per heavy atom. The highest BCUT2D eigenvalue weighted by molar-refractivity contribution is 7.10. The van der Waals surface area contributed by atoms with Crippen LogP contribution < -0.4 is 16.1 Å². The minimum atomic E-state index is -0.863. The lowest BCUT2D eigenvalue weighted by molar-refractivity contribution is -0.155. The third kappa shape index (κ3) is 7.94. The minimum absolute atomic E-state index is 0.137. The Hall–Kier alpha value is -4.17. The number of cyclic esters (lactones) is 1. The average Bonchev–Trinajstić information content (AvgIpc) is 3.94. The summed E-state index contributed by atoms with van der Waals surface area (Å²) in [5, 5.41) is 11.9. The van der Waals surface area contributed by atoms with E-state index in [4.69, 9.17) is 19.4 Å². The molecule has 5 atom stereocenters. The summed E-state index contributed by atoms with van der Waals surface area (Å²) in [6, 6.07) is 9.01. The van der Waals surface area contributed by atoms with Crippen LogP contribution in [-0.4, -0.2) is 82.8 Å². The second kappa shape index (κ2) is 16.1. The molecule has 3 aliphatic heterocycles. The summed E-state index contributed by atoms with van der Waals surface area (Å²) in [4.78, 5) is 51.7. The number of pyridine rings is 1. The molecule has 3 N–H and O–H groups in total. The zero-order valence-electron chi connectivity index (χ0n) is 33.1. The number of thiazole rings is 1. The SMILES string of the molecule is CCn1c(-c2cccnc2[C@H](C)OC)c2c3cc(ccc31)-c1csc(n1)CC(NC(=O)[C@@H]1CNC[C@H]1C(C)C)C(=O)N1CCC[C@H](N1)C(=O)OCC(C)(C)C2. The van der Waals surface area contributed by atoms with Crippen LogP contribution in [0.15, 0.2) is 41.9 Å². The largest absolute Gasteiger partial charge is 0.464 e. The van der Waals surface area contributed by atoms with E-state index in [0.717, 1.165) is 62.8 Å². The third-order valence-electron chi connectivity index (χ3n) is 11.6. The van der Waals surface area contributed by atoms with E-state index in [1.165, 1.54) is 16.3 Å². The maximum atomic E-state index is 14.3. The summed E-state index contributed by atoms with van der Waals surface area (Å²) in [5.41, 5.74) is 9.68. The van der Waals surface area contributed by atoms with Crippen LogP contribution in [0.3, 0.4) is 0 Å². The van der Waals surface area contributed by atoms with Gasteiger partial charge in [0.2, 0.25) is 5.91 Å². The van der Waals surface area contributed by atoms with E-state index in [-0.39, 0.29) is 42.8 Å². The number of nitrogens with zero attached hydrogens (tertiary/aromatic N) is 4. The van der Waals surface area contributed by atoms with E-state index in [0.29, 0.717) is 38.3 Å². The summed E-state index contributed by atoms with van der Waals surface area (Å²) < 4.78 is 14.2. The van der Waals surface area contributed by atoms with E-state index in [1.807, 2.05) is 18.4 Å². The van der Waals surface area contributed by atoms with Gasteiger partial charge in [0.25, 0.3) is 5.91 Å². The molecule has 4 aromatic rings. The van der Waals surface area contributed by atoms with Gasteiger partial charge in [-0.1, -0.05) is 33.8 Å². The molecule has 0 spiro atoms. The highest BCUT2D eigenvalue weighted by Crippen LogP contribution is 2.42. The number of carbonyl (C=O) groups excluding carboxylic acids is 3. The number of methoxy groups -OCH3 is 1. The van der Waals surface area contributed by atoms with Crippen molar-refractivity contribution in [3.8, 4) is 22.5 Å². The van der Waals surface area contributed by atoms with Gasteiger partial charge in [-0.3, -0.25) is 24.4 Å². The molecule has 1 aromatic carbocycles. The number of hydrogen-bond acceptors (Lipinski definition) is 10. The van der Waals surface area contributed by atoms with Crippen molar-refractivity contribution < 1.29 is 23.9 Å². The Morgan fingerprint density at radius 3 is 2.76 bits per heavy atom. The van der Waals surface area contributed by atoms with Crippen molar-refractivity contribution in [1.29, 1.82) is 0 Å². The summed E-state index contributed by atoms with van der Waals surface area (Å²) in [5.74, 6) is -0.564. The number of nitrogens with one attached hydrogen (secondary N) is 3. The number of aromatic nitrogens is 3. The number of rotatable bonds is 7. The standard InChI is InChI=1S/C42H55N7O5S/c1-8-48-35-14-13-26-17-28(35)29(38(48)27-11-9-15-44-37(27)25(4)53-7)19-42(5,6)23-54-41(52)32-12-10-16-49(47-32)40(51)33(18-36-45-34(26)22-55-36)46-39(50)31-21-43-20-30(31)24(2)3/h9,11,13-15,17,22,24-25,30-33,43,47H,8,10,12,16,18-21,23H2,1-7H3,(H,46,50)/t25-,30-,31+,32-,33?/m0/s1. The fourth-order valence-electron chi connectivity index (χ4n) is 8.53. The highest BCUT2D eigenvalue weighted by atomic mass is 32.1. The molecule has 13 heteroatoms. The number of aryl methyl sites for hydroxylation is 1. The lowest BCUT2D eigenvalue weighted by atomic mass is 9.84. The van der Waals surface area contributed by atoms with Gasteiger partial charge in [0, 0.05) is 72.2 Å². The van der Waals surface area contributed by atoms with Crippen LogP contribution in [0.1, 0.15) is 76.8 Å². The van der Waals surface area contributed by atoms with Crippen LogP contribution in [-0.2, 0) is 43.2 Å². The molecule has 0 radical (unpaired) electrons. The molecule has 55 heavy (non-hydrogen) atoms. The highest BCUT2D eigenvalue weighted by Gasteiger charge is 2.39. The summed E-state index contributed by atoms with van der Waals surface area (Å²) in [6.07, 6.45) is 3.60. The van der Waals surface area contributed by atoms with E-state index in [9.17, 15) is 14.4 Å². The first-order valence-electron chi connectivity index (χ1n) is 19.7. The molecule has 1 unspecified atom stereocenters. The molecule has 0 aliphatic carbocycles. The number of hydrogen-bond donors (Lipinski definition) is 3. The van der Waals surface area contributed by atoms with E-state index >= 15 is 0 Å². The van der Waals surface area contributed by atoms with Gasteiger partial charge in [-0.2, -0.15) is 0 Å². The van der Waals surface area contributed by atoms with Crippen molar-refractivity contribution in [3.63, 3.8) is 0 Å². The number of carbonyl (C=O) groups is 3. The van der Waals surface area contributed by atoms with E-state index in [2.05, 4.69) is 79.5 Å². The monoisotopic (exact) mass is 769 g/mol. The zero-order chi connectivity index (χ0) is 39.0. The normalized spacial score (nSPS) is 23.8. The van der Waals surface area contributed by atoms with Gasteiger partial charge in [0.05, 0.1) is 40.7 Å². The lowest BCUT2D eigenvalue weighted by Gasteiger charge is -2.36. The summed E-state index contributed by atoms with van der Waals surface area (Å²) in [6.45, 7) is 15.3. The van der Waals surface area contributed by atoms with E-state index < -0.39 is 23.5 Å². The number of benzene rings is 1. The summed E-state index contributed by atoms with van der Waals surface area (Å²) in [7, 11) is 1.70. The van der Waals surface area contributed by atoms with Crippen molar-refractivity contribution in [1.82, 2.24) is 35.6 Å². The minimum Gasteiger partial charge on any atom is -0.464 e. The Bertz CT molecular complexity index is 2060. The fourth-order valence-corrected chi connectivity index (χ4v) is 9.38. The van der Waals surface area contributed by atoms with Crippen LogP contribution in [0.2, 0.25) is 0 Å². The quantitative estimate of drug-likeness (QED) is 0.202. The van der Waals surface area contributed by atoms with Crippen LogP contribution in [0.5, 0.6) is 0 Å². The van der Waals surface area contributed by atoms with Gasteiger partial charge < -0.3 is 24.7 Å². The molecule has 7 rings (SSSR count). The maximum Gasteiger partial charge on any atom is 0.324 e. The Morgan fingerprint density at radius 2 is 2.00 bits per heavy atom. The Kier molecular flexibility index (Phi) is 11.5. The first kappa shape index (κ1) is 39.1. The maximum absolute atomic E-state index is 14.3. The second-order valence-corrected chi connectivity index (χ2v) is 17.4. The van der Waals surface area contributed by atoms with Gasteiger partial charge in [0.1, 0.15) is 12.1 Å². The number of amides is 2. The third-order valence-corrected chi connectivity index (χ3v) is 12.5. The van der Waals surface area contributed by atoms with Crippen LogP contribution in [0.25, 0.3) is 33.4 Å². The summed E-state index contributed by atoms with van der Waals surface area (Å²) >= 11 is 1.49. The fraction of sp³-hybridized carbons (Fsp3) is 0.548. The zero-order valence-corrected chi connectivity index (χ0v) is 33.9. The number of fused-ring (bicyclic) bond motifs is 6. The topological polar surface area (TPSA) is 140 Å². The van der Waals surface area contributed by atoms with Crippen LogP contribution in [0, 0.1) is 23.2 Å². The van der Waals surface area contributed by atoms with Crippen molar-refractivity contribution in [2.45, 2.75) is 92.0 Å². The van der Waals surface area contributed by atoms with Gasteiger partial charge in [-0.05, 0) is 81.3 Å². The second-order valence-electron chi connectivity index (χ2n) is 16.4. The van der Waals surface area contributed by atoms with Gasteiger partial charge >= 0.3 is 5.97 Å². The van der Waals surface area contributed by atoms with Crippen molar-refractivity contribution in [3.05, 3.63) is 58.2 Å². The Labute approximate surface area is 327 Å². The molecule has 6 bridgehead atoms. The van der Waals surface area contributed by atoms with Crippen LogP contribution >= 0.6 is 11.3 Å². The number of ether oxygens (including phenoxy) is 2. The first-order valence-corrected chi connectivity index (χ1v) is 20.6. The molecular formula is C42H55N7O5S. The molecule has 2 fully saturated rings.